The summed E-state index contributed by atoms with van der Waals surface area (Å²) in [5.41, 5.74) is 2.46. The Hall–Kier alpha value is -2.10. The topological polar surface area (TPSA) is 94.7 Å². The normalized spacial score (nSPS) is 17.9. The fourth-order valence-corrected chi connectivity index (χ4v) is 4.52. The van der Waals surface area contributed by atoms with Crippen molar-refractivity contribution in [3.8, 4) is 0 Å². The number of rotatable bonds is 5. The van der Waals surface area contributed by atoms with Crippen LogP contribution in [0.3, 0.4) is 0 Å². The number of nitrogens with one attached hydrogen (secondary N) is 2. The van der Waals surface area contributed by atoms with E-state index >= 15 is 0 Å². The molecule has 1 fully saturated rings. The average Bonchev–Trinajstić information content (AvgIpc) is 3.09. The van der Waals surface area contributed by atoms with E-state index < -0.39 is 21.9 Å². The van der Waals surface area contributed by atoms with E-state index in [1.54, 1.807) is 7.05 Å². The number of fused-ring (bicyclic) bond motifs is 1. The number of alkyl carbamates (subject to hydrolysis) is 1. The lowest BCUT2D eigenvalue weighted by molar-refractivity contribution is 0.0528. The summed E-state index contributed by atoms with van der Waals surface area (Å²) >= 11 is 0. The van der Waals surface area contributed by atoms with Crippen molar-refractivity contribution in [2.45, 2.75) is 39.3 Å². The van der Waals surface area contributed by atoms with Gasteiger partial charge in [0.1, 0.15) is 5.60 Å². The Morgan fingerprint density at radius 1 is 1.29 bits per heavy atom. The van der Waals surface area contributed by atoms with Crippen LogP contribution in [0.15, 0.2) is 24.4 Å². The maximum absolute atomic E-state index is 12.3. The number of likely N-dealkylation sites (N-methyl/N-ethyl adjacent to an activating group) is 1. The molecule has 8 nitrogen and oxygen atoms in total. The molecular weight excluding hydrogens is 380 g/mol. The van der Waals surface area contributed by atoms with Crippen LogP contribution < -0.4 is 5.32 Å². The van der Waals surface area contributed by atoms with Crippen molar-refractivity contribution in [3.05, 3.63) is 35.5 Å². The molecule has 1 saturated heterocycles. The van der Waals surface area contributed by atoms with E-state index in [0.717, 1.165) is 22.0 Å². The third-order valence-corrected chi connectivity index (χ3v) is 6.57. The highest BCUT2D eigenvalue weighted by molar-refractivity contribution is 7.86. The lowest BCUT2D eigenvalue weighted by Gasteiger charge is -2.19. The summed E-state index contributed by atoms with van der Waals surface area (Å²) in [5, 5.41) is 3.80. The monoisotopic (exact) mass is 408 g/mol. The molecule has 2 N–H and O–H groups in total. The van der Waals surface area contributed by atoms with E-state index in [-0.39, 0.29) is 0 Å². The molecule has 1 aromatic carbocycles. The zero-order valence-electron chi connectivity index (χ0n) is 16.8. The van der Waals surface area contributed by atoms with Gasteiger partial charge in [0, 0.05) is 50.3 Å². The van der Waals surface area contributed by atoms with Crippen LogP contribution in [-0.2, 0) is 27.9 Å². The molecule has 2 heterocycles. The summed E-state index contributed by atoms with van der Waals surface area (Å²) in [6.45, 7) is 7.29. The number of carbonyl (C=O) groups is 1. The zero-order valence-corrected chi connectivity index (χ0v) is 17.6. The maximum Gasteiger partial charge on any atom is 0.407 e. The Bertz CT molecular complexity index is 962. The van der Waals surface area contributed by atoms with Crippen molar-refractivity contribution in [3.63, 3.8) is 0 Å². The molecule has 0 spiro atoms. The number of aromatic nitrogens is 1. The predicted molar refractivity (Wildman–Crippen MR) is 108 cm³/mol. The van der Waals surface area contributed by atoms with Crippen molar-refractivity contribution < 1.29 is 17.9 Å². The fraction of sp³-hybridized carbons (Fsp3) is 0.526. The van der Waals surface area contributed by atoms with Crippen LogP contribution in [0.5, 0.6) is 0 Å². The second-order valence-corrected chi connectivity index (χ2v) is 10.1. The Balaban J connectivity index is 1.67. The molecule has 9 heteroatoms. The number of nitrogens with zero attached hydrogens (tertiary/aromatic N) is 2. The standard InChI is InChI=1S/C19H28N4O4S/c1-19(2,3)27-18(24)20-8-7-15-12-21-17-6-5-14(11-16(15)17)13-23-10-9-22(4)28(23,25)26/h5-6,11-12,21H,7-10,13H2,1-4H3,(H,20,24). The number of aromatic amines is 1. The van der Waals surface area contributed by atoms with Gasteiger partial charge in [0.25, 0.3) is 10.2 Å². The average molecular weight is 409 g/mol. The second kappa shape index (κ2) is 7.73. The summed E-state index contributed by atoms with van der Waals surface area (Å²) < 4.78 is 32.7. The summed E-state index contributed by atoms with van der Waals surface area (Å²) in [7, 11) is -1.76. The van der Waals surface area contributed by atoms with E-state index in [1.807, 2.05) is 45.2 Å². The van der Waals surface area contributed by atoms with Crippen LogP contribution in [0, 0.1) is 0 Å². The molecule has 28 heavy (non-hydrogen) atoms. The molecule has 0 atom stereocenters. The number of amides is 1. The molecule has 3 rings (SSSR count). The minimum atomic E-state index is -3.36. The van der Waals surface area contributed by atoms with Gasteiger partial charge < -0.3 is 15.0 Å². The summed E-state index contributed by atoms with van der Waals surface area (Å²) in [6.07, 6.45) is 2.13. The molecule has 0 radical (unpaired) electrons. The SMILES string of the molecule is CN1CCN(Cc2ccc3[nH]cc(CCNC(=O)OC(C)(C)C)c3c2)S1(=O)=O. The van der Waals surface area contributed by atoms with E-state index in [9.17, 15) is 13.2 Å². The Morgan fingerprint density at radius 2 is 2.04 bits per heavy atom. The fourth-order valence-electron chi connectivity index (χ4n) is 3.19. The van der Waals surface area contributed by atoms with Gasteiger partial charge in [0.15, 0.2) is 0 Å². The van der Waals surface area contributed by atoms with Crippen LogP contribution in [0.2, 0.25) is 0 Å². The molecule has 1 amide bonds. The quantitative estimate of drug-likeness (QED) is 0.793. The minimum Gasteiger partial charge on any atom is -0.444 e. The lowest BCUT2D eigenvalue weighted by atomic mass is 10.1. The highest BCUT2D eigenvalue weighted by Gasteiger charge is 2.33. The molecule has 2 aromatic rings. The maximum atomic E-state index is 12.3. The number of ether oxygens (including phenoxy) is 1. The first kappa shape index (κ1) is 20.6. The zero-order chi connectivity index (χ0) is 20.5. The third-order valence-electron chi connectivity index (χ3n) is 4.64. The Labute approximate surface area is 166 Å². The molecular formula is C19H28N4O4S. The van der Waals surface area contributed by atoms with E-state index in [0.29, 0.717) is 32.6 Å². The predicted octanol–water partition coefficient (Wildman–Crippen LogP) is 2.23. The molecule has 0 saturated carbocycles. The first-order chi connectivity index (χ1) is 13.1. The number of hydrogen-bond acceptors (Lipinski definition) is 4. The minimum absolute atomic E-state index is 0.351. The first-order valence-electron chi connectivity index (χ1n) is 9.33. The van der Waals surface area contributed by atoms with Gasteiger partial charge in [-0.2, -0.15) is 17.0 Å². The van der Waals surface area contributed by atoms with Gasteiger partial charge >= 0.3 is 6.09 Å². The Morgan fingerprint density at radius 3 is 2.68 bits per heavy atom. The van der Waals surface area contributed by atoms with Gasteiger partial charge in [-0.1, -0.05) is 6.07 Å². The smallest absolute Gasteiger partial charge is 0.407 e. The third kappa shape index (κ3) is 4.65. The van der Waals surface area contributed by atoms with Gasteiger partial charge in [-0.3, -0.25) is 0 Å². The highest BCUT2D eigenvalue weighted by atomic mass is 32.2. The number of benzene rings is 1. The molecule has 1 aromatic heterocycles. The lowest BCUT2D eigenvalue weighted by Crippen LogP contribution is -2.33. The van der Waals surface area contributed by atoms with Gasteiger partial charge in [0.05, 0.1) is 0 Å². The molecule has 154 valence electrons. The van der Waals surface area contributed by atoms with E-state index in [1.165, 1.54) is 8.61 Å². The van der Waals surface area contributed by atoms with Crippen LogP contribution in [0.1, 0.15) is 31.9 Å². The molecule has 0 unspecified atom stereocenters. The van der Waals surface area contributed by atoms with Gasteiger partial charge in [0.2, 0.25) is 0 Å². The summed E-state index contributed by atoms with van der Waals surface area (Å²) in [4.78, 5) is 15.0. The van der Waals surface area contributed by atoms with Gasteiger partial charge in [-0.25, -0.2) is 4.79 Å². The van der Waals surface area contributed by atoms with Crippen LogP contribution in [0.4, 0.5) is 4.79 Å². The molecule has 1 aliphatic rings. The second-order valence-electron chi connectivity index (χ2n) is 8.04. The Kier molecular flexibility index (Phi) is 5.69. The number of hydrogen-bond donors (Lipinski definition) is 2. The van der Waals surface area contributed by atoms with Crippen molar-refractivity contribution in [2.75, 3.05) is 26.7 Å². The molecule has 1 aliphatic heterocycles. The van der Waals surface area contributed by atoms with Crippen LogP contribution in [0.25, 0.3) is 10.9 Å². The van der Waals surface area contributed by atoms with Crippen molar-refractivity contribution >= 4 is 27.2 Å². The van der Waals surface area contributed by atoms with Crippen molar-refractivity contribution in [1.82, 2.24) is 18.9 Å². The van der Waals surface area contributed by atoms with Gasteiger partial charge in [-0.05, 0) is 50.5 Å². The number of H-pyrrole nitrogens is 1. The van der Waals surface area contributed by atoms with Crippen molar-refractivity contribution in [2.24, 2.45) is 0 Å². The van der Waals surface area contributed by atoms with E-state index in [2.05, 4.69) is 10.3 Å². The van der Waals surface area contributed by atoms with Gasteiger partial charge in [-0.15, -0.1) is 0 Å². The van der Waals surface area contributed by atoms with Crippen LogP contribution in [-0.4, -0.2) is 60.4 Å². The number of carbonyl (C=O) groups excluding carboxylic acids is 1. The van der Waals surface area contributed by atoms with E-state index in [4.69, 9.17) is 4.74 Å². The summed E-state index contributed by atoms with van der Waals surface area (Å²) in [5.74, 6) is 0. The summed E-state index contributed by atoms with van der Waals surface area (Å²) in [6, 6.07) is 5.92. The largest absolute Gasteiger partial charge is 0.444 e. The molecule has 0 bridgehead atoms. The highest BCUT2D eigenvalue weighted by Crippen LogP contribution is 2.23. The first-order valence-corrected chi connectivity index (χ1v) is 10.7. The van der Waals surface area contributed by atoms with Crippen molar-refractivity contribution in [1.29, 1.82) is 0 Å². The molecule has 0 aliphatic carbocycles. The van der Waals surface area contributed by atoms with Crippen LogP contribution >= 0.6 is 0 Å².